The molecule has 0 aliphatic rings. The molecule has 2 aromatic heterocycles. The summed E-state index contributed by atoms with van der Waals surface area (Å²) in [5.41, 5.74) is 0. The molecule has 0 aromatic carbocycles. The normalized spacial score (nSPS) is 12.6. The van der Waals surface area contributed by atoms with Crippen LogP contribution in [0.4, 0.5) is 0 Å². The molecule has 4 nitrogen and oxygen atoms in total. The van der Waals surface area contributed by atoms with Crippen LogP contribution in [-0.4, -0.2) is 10.2 Å². The summed E-state index contributed by atoms with van der Waals surface area (Å²) in [6.07, 6.45) is 2.81. The predicted octanol–water partition coefficient (Wildman–Crippen LogP) is 2.81. The maximum atomic E-state index is 9.53. The quantitative estimate of drug-likeness (QED) is 0.718. The minimum absolute atomic E-state index is 0.193. The van der Waals surface area contributed by atoms with E-state index < -0.39 is 0 Å². The average Bonchev–Trinajstić information content (AvgIpc) is 2.87. The first-order chi connectivity index (χ1) is 6.79. The molecule has 0 aliphatic carbocycles. The number of aliphatic hydroxyl groups excluding tert-OH is 2. The second kappa shape index (κ2) is 3.33. The Kier molecular flexibility index (Phi) is 2.02. The molecule has 2 rings (SSSR count). The van der Waals surface area contributed by atoms with Crippen LogP contribution in [0.3, 0.4) is 0 Å². The maximum Gasteiger partial charge on any atom is 0.205 e. The largest absolute Gasteiger partial charge is 0.502 e. The molecule has 2 aromatic rings. The second-order valence-electron chi connectivity index (χ2n) is 2.65. The Bertz CT molecular complexity index is 380. The molecule has 0 amide bonds. The topological polar surface area (TPSA) is 66.7 Å². The Hall–Kier alpha value is -2.10. The zero-order valence-electron chi connectivity index (χ0n) is 7.18. The van der Waals surface area contributed by atoms with Gasteiger partial charge in [-0.05, 0) is 24.3 Å². The summed E-state index contributed by atoms with van der Waals surface area (Å²) in [5.74, 6) is -0.298. The number of furan rings is 2. The molecular weight excluding hydrogens is 184 g/mol. The van der Waals surface area contributed by atoms with E-state index in [9.17, 15) is 10.2 Å². The van der Waals surface area contributed by atoms with Crippen LogP contribution in [0.5, 0.6) is 0 Å². The van der Waals surface area contributed by atoms with Crippen LogP contribution in [0.2, 0.25) is 0 Å². The number of aliphatic hydroxyl groups is 2. The summed E-state index contributed by atoms with van der Waals surface area (Å²) in [5, 5.41) is 19.1. The minimum Gasteiger partial charge on any atom is -0.502 e. The fourth-order valence-electron chi connectivity index (χ4n) is 1.06. The van der Waals surface area contributed by atoms with Crippen LogP contribution in [-0.2, 0) is 0 Å². The van der Waals surface area contributed by atoms with E-state index in [1.54, 1.807) is 12.1 Å². The van der Waals surface area contributed by atoms with Gasteiger partial charge in [-0.2, -0.15) is 0 Å². The van der Waals surface area contributed by atoms with Gasteiger partial charge in [0.1, 0.15) is 0 Å². The van der Waals surface area contributed by atoms with Crippen molar-refractivity contribution in [1.29, 1.82) is 0 Å². The van der Waals surface area contributed by atoms with Crippen LogP contribution in [0, 0.1) is 0 Å². The van der Waals surface area contributed by atoms with Gasteiger partial charge in [0.25, 0.3) is 0 Å². The molecular formula is C10H8O4. The maximum absolute atomic E-state index is 9.53. The van der Waals surface area contributed by atoms with Crippen molar-refractivity contribution in [2.24, 2.45) is 0 Å². The fraction of sp³-hybridized carbons (Fsp3) is 0. The summed E-state index contributed by atoms with van der Waals surface area (Å²) in [6.45, 7) is 0. The molecule has 0 spiro atoms. The number of hydrogen-bond donors (Lipinski definition) is 2. The van der Waals surface area contributed by atoms with Gasteiger partial charge in [-0.1, -0.05) is 0 Å². The highest BCUT2D eigenvalue weighted by Crippen LogP contribution is 2.22. The van der Waals surface area contributed by atoms with Gasteiger partial charge in [-0.25, -0.2) is 0 Å². The van der Waals surface area contributed by atoms with Crippen molar-refractivity contribution < 1.29 is 19.0 Å². The van der Waals surface area contributed by atoms with Crippen molar-refractivity contribution in [3.05, 3.63) is 48.3 Å². The van der Waals surface area contributed by atoms with Gasteiger partial charge in [-0.15, -0.1) is 0 Å². The first-order valence-electron chi connectivity index (χ1n) is 3.99. The van der Waals surface area contributed by atoms with Crippen molar-refractivity contribution in [1.82, 2.24) is 0 Å². The van der Waals surface area contributed by atoms with E-state index in [4.69, 9.17) is 8.83 Å². The van der Waals surface area contributed by atoms with Crippen LogP contribution in [0.25, 0.3) is 11.5 Å². The molecule has 2 heterocycles. The zero-order valence-corrected chi connectivity index (χ0v) is 7.18. The molecule has 0 aliphatic heterocycles. The van der Waals surface area contributed by atoms with Gasteiger partial charge in [0.15, 0.2) is 11.5 Å². The van der Waals surface area contributed by atoms with E-state index in [-0.39, 0.29) is 23.0 Å². The van der Waals surface area contributed by atoms with E-state index in [0.29, 0.717) is 0 Å². The van der Waals surface area contributed by atoms with Crippen molar-refractivity contribution >= 4 is 11.5 Å². The molecule has 72 valence electrons. The Morgan fingerprint density at radius 3 is 1.57 bits per heavy atom. The van der Waals surface area contributed by atoms with Crippen molar-refractivity contribution in [3.63, 3.8) is 0 Å². The monoisotopic (exact) mass is 192 g/mol. The molecule has 0 radical (unpaired) electrons. The Morgan fingerprint density at radius 1 is 0.857 bits per heavy atom. The van der Waals surface area contributed by atoms with Gasteiger partial charge >= 0.3 is 0 Å². The summed E-state index contributed by atoms with van der Waals surface area (Å²) >= 11 is 0. The van der Waals surface area contributed by atoms with Crippen LogP contribution in [0.15, 0.2) is 45.6 Å². The van der Waals surface area contributed by atoms with Crippen molar-refractivity contribution in [2.75, 3.05) is 0 Å². The third-order valence-electron chi connectivity index (χ3n) is 1.73. The van der Waals surface area contributed by atoms with E-state index in [2.05, 4.69) is 0 Å². The molecule has 0 bridgehead atoms. The van der Waals surface area contributed by atoms with Gasteiger partial charge in [0, 0.05) is 0 Å². The third kappa shape index (κ3) is 1.37. The molecule has 14 heavy (non-hydrogen) atoms. The molecule has 0 saturated carbocycles. The van der Waals surface area contributed by atoms with Crippen molar-refractivity contribution in [3.8, 4) is 0 Å². The minimum atomic E-state index is -0.343. The molecule has 0 unspecified atom stereocenters. The Balaban J connectivity index is 2.41. The van der Waals surface area contributed by atoms with E-state index in [1.165, 1.54) is 24.7 Å². The third-order valence-corrected chi connectivity index (χ3v) is 1.73. The lowest BCUT2D eigenvalue weighted by Crippen LogP contribution is -1.87. The van der Waals surface area contributed by atoms with Gasteiger partial charge in [-0.3, -0.25) is 0 Å². The smallest absolute Gasteiger partial charge is 0.205 e. The standard InChI is InChI=1S/C10H8O4/c11-9(7-3-1-5-13-7)10(12)8-4-2-6-14-8/h1-6,11-12H/b10-9-. The fourth-order valence-corrected chi connectivity index (χ4v) is 1.06. The van der Waals surface area contributed by atoms with E-state index in [0.717, 1.165) is 0 Å². The SMILES string of the molecule is O/C(=C(\O)c1ccco1)c1ccco1. The van der Waals surface area contributed by atoms with Gasteiger partial charge in [0.05, 0.1) is 12.5 Å². The van der Waals surface area contributed by atoms with E-state index in [1.807, 2.05) is 0 Å². The second-order valence-corrected chi connectivity index (χ2v) is 2.65. The molecule has 0 atom stereocenters. The molecule has 0 fully saturated rings. The van der Waals surface area contributed by atoms with Gasteiger partial charge < -0.3 is 19.0 Å². The number of rotatable bonds is 2. The number of hydrogen-bond acceptors (Lipinski definition) is 4. The predicted molar refractivity (Wildman–Crippen MR) is 49.5 cm³/mol. The first kappa shape index (κ1) is 8.50. The summed E-state index contributed by atoms with van der Waals surface area (Å²) in [6, 6.07) is 6.30. The lowest BCUT2D eigenvalue weighted by atomic mass is 10.3. The first-order valence-corrected chi connectivity index (χ1v) is 3.99. The zero-order chi connectivity index (χ0) is 9.97. The van der Waals surface area contributed by atoms with Crippen LogP contribution >= 0.6 is 0 Å². The molecule has 4 heteroatoms. The summed E-state index contributed by atoms with van der Waals surface area (Å²) in [7, 11) is 0. The van der Waals surface area contributed by atoms with Crippen LogP contribution < -0.4 is 0 Å². The summed E-state index contributed by atoms with van der Waals surface area (Å²) < 4.78 is 9.81. The Morgan fingerprint density at radius 2 is 1.29 bits per heavy atom. The van der Waals surface area contributed by atoms with E-state index >= 15 is 0 Å². The lowest BCUT2D eigenvalue weighted by molar-refractivity contribution is 0.413. The highest BCUT2D eigenvalue weighted by atomic mass is 16.4. The van der Waals surface area contributed by atoms with Crippen LogP contribution in [0.1, 0.15) is 11.5 Å². The molecule has 0 saturated heterocycles. The average molecular weight is 192 g/mol. The van der Waals surface area contributed by atoms with Crippen molar-refractivity contribution in [2.45, 2.75) is 0 Å². The highest BCUT2D eigenvalue weighted by molar-refractivity contribution is 5.78. The highest BCUT2D eigenvalue weighted by Gasteiger charge is 2.13. The Labute approximate surface area is 79.7 Å². The van der Waals surface area contributed by atoms with Gasteiger partial charge in [0.2, 0.25) is 11.5 Å². The lowest BCUT2D eigenvalue weighted by Gasteiger charge is -1.98. The molecule has 2 N–H and O–H groups in total. The summed E-state index contributed by atoms with van der Waals surface area (Å²) in [4.78, 5) is 0.